The van der Waals surface area contributed by atoms with E-state index in [2.05, 4.69) is 0 Å². The van der Waals surface area contributed by atoms with E-state index in [0.717, 1.165) is 0 Å². The zero-order valence-corrected chi connectivity index (χ0v) is 2.21. The molecule has 0 fully saturated rings. The van der Waals surface area contributed by atoms with E-state index < -0.39 is 6.16 Å². The maximum absolute atomic E-state index is 8.56. The Balaban J connectivity index is -0.0000000450. The maximum Gasteiger partial charge on any atom is 0 e. The molecule has 0 bridgehead atoms. The third-order valence-electron chi connectivity index (χ3n) is 0. The molecule has 34 valence electrons. The van der Waals surface area contributed by atoms with Crippen molar-refractivity contribution >= 4 is 43.9 Å². The normalized spacial score (nSPS) is 4.00. The summed E-state index contributed by atoms with van der Waals surface area (Å²) in [6, 6.07) is 0. The van der Waals surface area contributed by atoms with Crippen LogP contribution in [0.15, 0.2) is 0 Å². The fraction of sp³-hybridized carbons (Fsp3) is 0. The second-order valence-electron chi connectivity index (χ2n) is 0.283. The molecule has 0 spiro atoms. The quantitative estimate of drug-likeness (QED) is 0.410. The van der Waals surface area contributed by atoms with Crippen LogP contribution in [-0.4, -0.2) is 54.1 Å². The molecule has 0 amide bonds. The van der Waals surface area contributed by atoms with E-state index >= 15 is 0 Å². The molecule has 0 aliphatic carbocycles. The first-order chi connectivity index (χ1) is 1.73. The summed E-state index contributed by atoms with van der Waals surface area (Å²) in [5, 5.41) is 13.9. The smallest absolute Gasteiger partial charge is 0 e. The average Bonchev–Trinajstić information content (AvgIpc) is 0.811. The molecular formula is CH4CaO4. The molecule has 0 aliphatic rings. The summed E-state index contributed by atoms with van der Waals surface area (Å²) in [4.78, 5) is 8.56. The average molecular weight is 120 g/mol. The summed E-state index contributed by atoms with van der Waals surface area (Å²) in [5.41, 5.74) is 0. The van der Waals surface area contributed by atoms with Crippen LogP contribution in [0.1, 0.15) is 0 Å². The Morgan fingerprint density at radius 1 is 1.33 bits per heavy atom. The van der Waals surface area contributed by atoms with E-state index in [1.165, 1.54) is 0 Å². The van der Waals surface area contributed by atoms with Crippen molar-refractivity contribution in [1.29, 1.82) is 0 Å². The molecule has 0 aromatic rings. The van der Waals surface area contributed by atoms with Gasteiger partial charge in [-0.05, 0) is 0 Å². The summed E-state index contributed by atoms with van der Waals surface area (Å²) in [6.07, 6.45) is -1.83. The van der Waals surface area contributed by atoms with Crippen molar-refractivity contribution in [2.45, 2.75) is 0 Å². The van der Waals surface area contributed by atoms with E-state index in [1.807, 2.05) is 0 Å². The van der Waals surface area contributed by atoms with Crippen LogP contribution < -0.4 is 0 Å². The molecule has 6 heavy (non-hydrogen) atoms. The number of rotatable bonds is 0. The topological polar surface area (TPSA) is 86.0 Å². The minimum atomic E-state index is -1.83. The van der Waals surface area contributed by atoms with Gasteiger partial charge in [-0.15, -0.1) is 0 Å². The zero-order valence-electron chi connectivity index (χ0n) is 2.21. The van der Waals surface area contributed by atoms with Crippen LogP contribution in [0.25, 0.3) is 0 Å². The molecule has 2 N–H and O–H groups in total. The first kappa shape index (κ1) is 16.1. The Kier molecular flexibility index (Phi) is 24.3. The second kappa shape index (κ2) is 9.09. The van der Waals surface area contributed by atoms with Gasteiger partial charge in [-0.2, -0.15) is 0 Å². The molecule has 4 nitrogen and oxygen atoms in total. The van der Waals surface area contributed by atoms with Crippen LogP contribution in [0.5, 0.6) is 0 Å². The molecule has 2 radical (unpaired) electrons. The van der Waals surface area contributed by atoms with Crippen LogP contribution in [0.4, 0.5) is 4.79 Å². The molecular weight excluding hydrogens is 116 g/mol. The van der Waals surface area contributed by atoms with Crippen molar-refractivity contribution in [3.63, 3.8) is 0 Å². The van der Waals surface area contributed by atoms with Crippen LogP contribution in [-0.2, 0) is 5.48 Å². The summed E-state index contributed by atoms with van der Waals surface area (Å²) in [7, 11) is 0. The third kappa shape index (κ3) is 228. The zero-order chi connectivity index (χ0) is 3.58. The molecule has 0 saturated carbocycles. The Hall–Kier alpha value is 0.490. The van der Waals surface area contributed by atoms with E-state index in [0.29, 0.717) is 0 Å². The van der Waals surface area contributed by atoms with Gasteiger partial charge in [0.05, 0.1) is 0 Å². The Labute approximate surface area is 64.1 Å². The van der Waals surface area contributed by atoms with Crippen molar-refractivity contribution in [1.82, 2.24) is 0 Å². The van der Waals surface area contributed by atoms with Gasteiger partial charge in [0.15, 0.2) is 0 Å². The summed E-state index contributed by atoms with van der Waals surface area (Å²) < 4.78 is 0. The van der Waals surface area contributed by atoms with Crippen molar-refractivity contribution in [3.05, 3.63) is 0 Å². The fourth-order valence-corrected chi connectivity index (χ4v) is 0. The van der Waals surface area contributed by atoms with Gasteiger partial charge in [0, 0.05) is 5.48 Å². The van der Waals surface area contributed by atoms with E-state index in [-0.39, 0.29) is 43.2 Å². The Bertz CT molecular complexity index is 30.5. The van der Waals surface area contributed by atoms with Crippen LogP contribution in [0.3, 0.4) is 0 Å². The molecule has 0 heterocycles. The van der Waals surface area contributed by atoms with Gasteiger partial charge in [0.1, 0.15) is 0 Å². The Morgan fingerprint density at radius 3 is 1.33 bits per heavy atom. The van der Waals surface area contributed by atoms with Gasteiger partial charge in [0.25, 0.3) is 0 Å². The minimum absolute atomic E-state index is 0. The number of carbonyl (C=O) groups is 1. The predicted molar refractivity (Wildman–Crippen MR) is 19.9 cm³/mol. The molecule has 0 aromatic heterocycles. The third-order valence-corrected chi connectivity index (χ3v) is 0. The fourth-order valence-electron chi connectivity index (χ4n) is 0. The van der Waals surface area contributed by atoms with E-state index in [1.54, 1.807) is 0 Å². The molecule has 0 aromatic carbocycles. The van der Waals surface area contributed by atoms with Crippen LogP contribution >= 0.6 is 0 Å². The second-order valence-corrected chi connectivity index (χ2v) is 0.283. The Morgan fingerprint density at radius 2 is 1.33 bits per heavy atom. The number of hydrogen-bond donors (Lipinski definition) is 2. The van der Waals surface area contributed by atoms with E-state index in [9.17, 15) is 0 Å². The van der Waals surface area contributed by atoms with Crippen molar-refractivity contribution in [2.24, 2.45) is 0 Å². The largest absolute Gasteiger partial charge is 0 e. The van der Waals surface area contributed by atoms with Gasteiger partial charge < -0.3 is 10.2 Å². The van der Waals surface area contributed by atoms with Gasteiger partial charge in [-0.25, -0.2) is 4.79 Å². The minimum Gasteiger partial charge on any atom is 0 e. The molecule has 0 aliphatic heterocycles. The van der Waals surface area contributed by atoms with Crippen molar-refractivity contribution in [2.75, 3.05) is 0 Å². The molecule has 0 unspecified atom stereocenters. The maximum atomic E-state index is 8.56. The van der Waals surface area contributed by atoms with E-state index in [4.69, 9.17) is 15.0 Å². The summed E-state index contributed by atoms with van der Waals surface area (Å²) in [6.45, 7) is 0. The summed E-state index contributed by atoms with van der Waals surface area (Å²) in [5.74, 6) is 0. The molecule has 0 rings (SSSR count). The van der Waals surface area contributed by atoms with Gasteiger partial charge in [0.2, 0.25) is 0 Å². The monoisotopic (exact) mass is 120 g/mol. The molecule has 5 heteroatoms. The SMILES string of the molecule is O=C(O)O.[CaH2].[O]. The standard InChI is InChI=1S/CH2O3.Ca.O.2H/c2-1(3)4;;;;/h(H2,2,3,4);;;;. The number of hydrogen-bond acceptors (Lipinski definition) is 1. The van der Waals surface area contributed by atoms with Gasteiger partial charge in [-0.1, -0.05) is 0 Å². The predicted octanol–water partition coefficient (Wildman–Crippen LogP) is -0.813. The van der Waals surface area contributed by atoms with Crippen molar-refractivity contribution < 1.29 is 20.5 Å². The van der Waals surface area contributed by atoms with Crippen molar-refractivity contribution in [3.8, 4) is 0 Å². The van der Waals surface area contributed by atoms with Crippen LogP contribution in [0.2, 0.25) is 0 Å². The number of carboxylic acid groups (broad SMARTS) is 2. The van der Waals surface area contributed by atoms with Crippen LogP contribution in [0, 0.1) is 0 Å². The summed E-state index contributed by atoms with van der Waals surface area (Å²) >= 11 is 0. The van der Waals surface area contributed by atoms with Gasteiger partial charge in [-0.3, -0.25) is 0 Å². The first-order valence-corrected chi connectivity index (χ1v) is 0.651. The van der Waals surface area contributed by atoms with Gasteiger partial charge >= 0.3 is 43.9 Å². The first-order valence-electron chi connectivity index (χ1n) is 0.651. The molecule has 0 saturated heterocycles. The molecule has 0 atom stereocenters.